The predicted molar refractivity (Wildman–Crippen MR) is 101 cm³/mol. The molecule has 1 aliphatic rings. The molecule has 1 fully saturated rings. The van der Waals surface area contributed by atoms with Gasteiger partial charge in [-0.25, -0.2) is 18.4 Å². The third-order valence-electron chi connectivity index (χ3n) is 4.30. The van der Waals surface area contributed by atoms with Gasteiger partial charge in [0.15, 0.2) is 0 Å². The number of amides is 1. The van der Waals surface area contributed by atoms with Crippen molar-refractivity contribution < 1.29 is 26.7 Å². The number of anilines is 1. The van der Waals surface area contributed by atoms with Crippen LogP contribution in [0.3, 0.4) is 0 Å². The van der Waals surface area contributed by atoms with E-state index in [1.54, 1.807) is 6.92 Å². The van der Waals surface area contributed by atoms with Gasteiger partial charge in [-0.15, -0.1) is 0 Å². The molecule has 1 amide bonds. The molecule has 29 heavy (non-hydrogen) atoms. The Morgan fingerprint density at radius 1 is 1.24 bits per heavy atom. The number of halogens is 2. The SMILES string of the molecule is Cc1cc(N2CCOCC2)nc(CNC(=O)c2ccccc2S(=O)(=O)C(F)F)n1. The third kappa shape index (κ3) is 4.85. The summed E-state index contributed by atoms with van der Waals surface area (Å²) in [7, 11) is -4.91. The van der Waals surface area contributed by atoms with Crippen LogP contribution in [-0.2, 0) is 21.1 Å². The predicted octanol–water partition coefficient (Wildman–Crippen LogP) is 1.55. The van der Waals surface area contributed by atoms with Crippen molar-refractivity contribution in [2.75, 3.05) is 31.2 Å². The molecule has 8 nitrogen and oxygen atoms in total. The summed E-state index contributed by atoms with van der Waals surface area (Å²) in [6, 6.07) is 6.67. The van der Waals surface area contributed by atoms with E-state index in [1.807, 2.05) is 11.0 Å². The van der Waals surface area contributed by atoms with Crippen LogP contribution in [0.4, 0.5) is 14.6 Å². The van der Waals surface area contributed by atoms with Crippen molar-refractivity contribution in [1.29, 1.82) is 0 Å². The molecule has 1 saturated heterocycles. The van der Waals surface area contributed by atoms with Crippen LogP contribution < -0.4 is 10.2 Å². The largest absolute Gasteiger partial charge is 0.378 e. The molecule has 2 heterocycles. The van der Waals surface area contributed by atoms with Crippen LogP contribution in [0.15, 0.2) is 35.2 Å². The summed E-state index contributed by atoms with van der Waals surface area (Å²) in [5.41, 5.74) is 0.347. The number of sulfone groups is 1. The molecule has 156 valence electrons. The molecule has 1 aromatic heterocycles. The molecule has 0 radical (unpaired) electrons. The zero-order valence-corrected chi connectivity index (χ0v) is 16.5. The quantitative estimate of drug-likeness (QED) is 0.748. The molecule has 0 aliphatic carbocycles. The van der Waals surface area contributed by atoms with Gasteiger partial charge in [-0.2, -0.15) is 8.78 Å². The Bertz CT molecular complexity index is 995. The topological polar surface area (TPSA) is 101 Å². The average Bonchev–Trinajstić information content (AvgIpc) is 2.72. The summed E-state index contributed by atoms with van der Waals surface area (Å²) in [4.78, 5) is 22.5. The van der Waals surface area contributed by atoms with E-state index in [1.165, 1.54) is 18.2 Å². The van der Waals surface area contributed by atoms with Crippen LogP contribution in [-0.4, -0.2) is 56.4 Å². The second-order valence-electron chi connectivity index (χ2n) is 6.37. The summed E-state index contributed by atoms with van der Waals surface area (Å²) in [5.74, 6) is -3.39. The lowest BCUT2D eigenvalue weighted by atomic mass is 10.2. The maximum atomic E-state index is 12.9. The minimum Gasteiger partial charge on any atom is -0.378 e. The number of rotatable bonds is 6. The van der Waals surface area contributed by atoms with Crippen LogP contribution >= 0.6 is 0 Å². The Morgan fingerprint density at radius 2 is 1.93 bits per heavy atom. The first-order valence-electron chi connectivity index (χ1n) is 8.85. The molecule has 1 aromatic carbocycles. The maximum absolute atomic E-state index is 12.9. The van der Waals surface area contributed by atoms with Crippen molar-refractivity contribution in [3.63, 3.8) is 0 Å². The van der Waals surface area contributed by atoms with Crippen molar-refractivity contribution in [3.05, 3.63) is 47.4 Å². The zero-order chi connectivity index (χ0) is 21.0. The first kappa shape index (κ1) is 21.1. The van der Waals surface area contributed by atoms with Crippen molar-refractivity contribution in [1.82, 2.24) is 15.3 Å². The van der Waals surface area contributed by atoms with E-state index in [4.69, 9.17) is 4.74 Å². The average molecular weight is 426 g/mol. The lowest BCUT2D eigenvalue weighted by Crippen LogP contribution is -2.37. The zero-order valence-electron chi connectivity index (χ0n) is 15.6. The van der Waals surface area contributed by atoms with Gasteiger partial charge in [-0.3, -0.25) is 4.79 Å². The first-order valence-corrected chi connectivity index (χ1v) is 10.4. The molecule has 0 unspecified atom stereocenters. The summed E-state index contributed by atoms with van der Waals surface area (Å²) < 4.78 is 54.8. The lowest BCUT2D eigenvalue weighted by Gasteiger charge is -2.28. The standard InChI is InChI=1S/C18H20F2N4O4S/c1-12-10-16(24-6-8-28-9-7-24)23-15(22-12)11-21-17(25)13-4-2-3-5-14(13)29(26,27)18(19)20/h2-5,10,18H,6-9,11H2,1H3,(H,21,25). The van der Waals surface area contributed by atoms with Gasteiger partial charge in [0.1, 0.15) is 11.6 Å². The fraction of sp³-hybridized carbons (Fsp3) is 0.389. The number of alkyl halides is 2. The fourth-order valence-electron chi connectivity index (χ4n) is 2.90. The molecule has 0 saturated carbocycles. The van der Waals surface area contributed by atoms with Gasteiger partial charge in [-0.1, -0.05) is 12.1 Å². The number of aryl methyl sites for hydroxylation is 1. The monoisotopic (exact) mass is 426 g/mol. The van der Waals surface area contributed by atoms with Crippen LogP contribution in [0.5, 0.6) is 0 Å². The fourth-order valence-corrected chi connectivity index (χ4v) is 3.83. The van der Waals surface area contributed by atoms with E-state index in [0.717, 1.165) is 6.07 Å². The number of nitrogens with zero attached hydrogens (tertiary/aromatic N) is 3. The Hall–Kier alpha value is -2.66. The number of ether oxygens (including phenoxy) is 1. The van der Waals surface area contributed by atoms with Crippen molar-refractivity contribution in [3.8, 4) is 0 Å². The summed E-state index contributed by atoms with van der Waals surface area (Å²) in [6.07, 6.45) is 0. The van der Waals surface area contributed by atoms with Crippen molar-refractivity contribution >= 4 is 21.6 Å². The van der Waals surface area contributed by atoms with Gasteiger partial charge in [0.25, 0.3) is 5.91 Å². The molecule has 0 bridgehead atoms. The summed E-state index contributed by atoms with van der Waals surface area (Å²) in [6.45, 7) is 4.25. The Labute approximate surface area is 166 Å². The highest BCUT2D eigenvalue weighted by Gasteiger charge is 2.30. The number of benzene rings is 1. The Kier molecular flexibility index (Phi) is 6.38. The molecule has 1 N–H and O–H groups in total. The minimum absolute atomic E-state index is 0.0824. The number of nitrogens with one attached hydrogen (secondary N) is 1. The number of hydrogen-bond donors (Lipinski definition) is 1. The van der Waals surface area contributed by atoms with Crippen molar-refractivity contribution in [2.24, 2.45) is 0 Å². The second kappa shape index (κ2) is 8.78. The normalized spacial score (nSPS) is 14.8. The van der Waals surface area contributed by atoms with Crippen LogP contribution in [0.2, 0.25) is 0 Å². The Balaban J connectivity index is 1.77. The van der Waals surface area contributed by atoms with E-state index < -0.39 is 26.4 Å². The number of aromatic nitrogens is 2. The van der Waals surface area contributed by atoms with Gasteiger partial charge in [-0.05, 0) is 19.1 Å². The van der Waals surface area contributed by atoms with E-state index in [-0.39, 0.29) is 12.1 Å². The molecule has 11 heteroatoms. The van der Waals surface area contributed by atoms with Crippen LogP contribution in [0, 0.1) is 6.92 Å². The van der Waals surface area contributed by atoms with Crippen LogP contribution in [0.25, 0.3) is 0 Å². The van der Waals surface area contributed by atoms with E-state index in [0.29, 0.717) is 43.6 Å². The number of morpholine rings is 1. The molecule has 2 aromatic rings. The molecule has 1 aliphatic heterocycles. The molecular weight excluding hydrogens is 406 g/mol. The summed E-state index contributed by atoms with van der Waals surface area (Å²) in [5, 5.41) is 2.51. The highest BCUT2D eigenvalue weighted by molar-refractivity contribution is 7.91. The number of carbonyl (C=O) groups is 1. The number of carbonyl (C=O) groups excluding carboxylic acids is 1. The van der Waals surface area contributed by atoms with Crippen molar-refractivity contribution in [2.45, 2.75) is 24.1 Å². The third-order valence-corrected chi connectivity index (χ3v) is 5.74. The number of hydrogen-bond acceptors (Lipinski definition) is 7. The van der Waals surface area contributed by atoms with Crippen LogP contribution in [0.1, 0.15) is 21.9 Å². The highest BCUT2D eigenvalue weighted by atomic mass is 32.2. The molecule has 0 atom stereocenters. The van der Waals surface area contributed by atoms with E-state index >= 15 is 0 Å². The highest BCUT2D eigenvalue weighted by Crippen LogP contribution is 2.22. The Morgan fingerprint density at radius 3 is 2.62 bits per heavy atom. The van der Waals surface area contributed by atoms with E-state index in [2.05, 4.69) is 15.3 Å². The van der Waals surface area contributed by atoms with Gasteiger partial charge in [0, 0.05) is 24.8 Å². The lowest BCUT2D eigenvalue weighted by molar-refractivity contribution is 0.0946. The van der Waals surface area contributed by atoms with Gasteiger partial charge in [0.2, 0.25) is 9.84 Å². The smallest absolute Gasteiger partial charge is 0.341 e. The first-order chi connectivity index (χ1) is 13.8. The summed E-state index contributed by atoms with van der Waals surface area (Å²) >= 11 is 0. The molecular formula is C18H20F2N4O4S. The molecule has 0 spiro atoms. The maximum Gasteiger partial charge on any atom is 0.341 e. The van der Waals surface area contributed by atoms with Gasteiger partial charge >= 0.3 is 5.76 Å². The second-order valence-corrected chi connectivity index (χ2v) is 8.25. The minimum atomic E-state index is -4.91. The van der Waals surface area contributed by atoms with E-state index in [9.17, 15) is 22.0 Å². The molecule has 3 rings (SSSR count). The van der Waals surface area contributed by atoms with Gasteiger partial charge < -0.3 is 15.0 Å². The van der Waals surface area contributed by atoms with Gasteiger partial charge in [0.05, 0.1) is 30.2 Å².